The van der Waals surface area contributed by atoms with Gasteiger partial charge in [0.1, 0.15) is 4.21 Å². The van der Waals surface area contributed by atoms with Crippen molar-refractivity contribution in [2.24, 2.45) is 0 Å². The molecule has 110 valence electrons. The highest BCUT2D eigenvalue weighted by molar-refractivity contribution is 7.91. The Labute approximate surface area is 123 Å². The molecule has 2 heterocycles. The van der Waals surface area contributed by atoms with Crippen molar-refractivity contribution < 1.29 is 12.8 Å². The van der Waals surface area contributed by atoms with Crippen molar-refractivity contribution in [1.29, 1.82) is 0 Å². The van der Waals surface area contributed by atoms with E-state index in [-0.39, 0.29) is 0 Å². The van der Waals surface area contributed by atoms with Gasteiger partial charge in [-0.05, 0) is 31.7 Å². The zero-order chi connectivity index (χ0) is 14.8. The number of sulfonamides is 1. The van der Waals surface area contributed by atoms with Crippen LogP contribution in [0.3, 0.4) is 0 Å². The van der Waals surface area contributed by atoms with Crippen LogP contribution in [-0.4, -0.2) is 26.8 Å². The van der Waals surface area contributed by atoms with E-state index in [1.807, 2.05) is 14.0 Å². The smallest absolute Gasteiger partial charge is 0.252 e. The van der Waals surface area contributed by atoms with Gasteiger partial charge in [-0.15, -0.1) is 11.3 Å². The van der Waals surface area contributed by atoms with E-state index >= 15 is 0 Å². The quantitative estimate of drug-likeness (QED) is 0.888. The van der Waals surface area contributed by atoms with E-state index in [1.165, 1.54) is 21.9 Å². The minimum absolute atomic E-state index is 0.303. The van der Waals surface area contributed by atoms with Gasteiger partial charge in [-0.1, -0.05) is 0 Å². The van der Waals surface area contributed by atoms with Crippen molar-refractivity contribution in [3.8, 4) is 0 Å². The molecule has 2 aromatic heterocycles. The summed E-state index contributed by atoms with van der Waals surface area (Å²) in [5.74, 6) is 0. The van der Waals surface area contributed by atoms with Crippen LogP contribution in [0, 0.1) is 6.92 Å². The molecule has 0 aromatic carbocycles. The number of hydrogen-bond donors (Lipinski definition) is 1. The maximum Gasteiger partial charge on any atom is 0.252 e. The molecule has 0 unspecified atom stereocenters. The van der Waals surface area contributed by atoms with Gasteiger partial charge in [0.15, 0.2) is 0 Å². The third kappa shape index (κ3) is 3.12. The second-order valence-electron chi connectivity index (χ2n) is 4.59. The number of aryl methyl sites for hydroxylation is 1. The highest BCUT2D eigenvalue weighted by Gasteiger charge is 2.24. The zero-order valence-corrected chi connectivity index (χ0v) is 13.3. The van der Waals surface area contributed by atoms with Crippen LogP contribution in [0.1, 0.15) is 16.0 Å². The highest BCUT2D eigenvalue weighted by Crippen LogP contribution is 2.28. The van der Waals surface area contributed by atoms with E-state index in [2.05, 4.69) is 5.32 Å². The van der Waals surface area contributed by atoms with Crippen molar-refractivity contribution >= 4 is 21.4 Å². The highest BCUT2D eigenvalue weighted by atomic mass is 32.2. The third-order valence-electron chi connectivity index (χ3n) is 2.99. The Balaban J connectivity index is 2.23. The molecule has 0 saturated carbocycles. The maximum absolute atomic E-state index is 12.5. The van der Waals surface area contributed by atoms with Gasteiger partial charge >= 0.3 is 0 Å². The molecule has 0 radical (unpaired) electrons. The zero-order valence-electron chi connectivity index (χ0n) is 11.7. The summed E-state index contributed by atoms with van der Waals surface area (Å²) in [6.07, 6.45) is 3.09. The van der Waals surface area contributed by atoms with Crippen LogP contribution < -0.4 is 5.32 Å². The molecule has 20 heavy (non-hydrogen) atoms. The van der Waals surface area contributed by atoms with Crippen molar-refractivity contribution in [2.45, 2.75) is 24.2 Å². The van der Waals surface area contributed by atoms with Crippen LogP contribution in [0.4, 0.5) is 0 Å². The van der Waals surface area contributed by atoms with Crippen LogP contribution in [0.25, 0.3) is 0 Å². The molecule has 0 amide bonds. The molecule has 0 aliphatic carbocycles. The Bertz CT molecular complexity index is 660. The topological polar surface area (TPSA) is 62.6 Å². The lowest BCUT2D eigenvalue weighted by atomic mass is 10.3. The molecule has 0 aliphatic heterocycles. The van der Waals surface area contributed by atoms with Crippen LogP contribution in [0.2, 0.25) is 0 Å². The Kier molecular flexibility index (Phi) is 4.64. The summed E-state index contributed by atoms with van der Waals surface area (Å²) < 4.78 is 31.7. The average molecular weight is 314 g/mol. The van der Waals surface area contributed by atoms with Gasteiger partial charge in [-0.3, -0.25) is 0 Å². The molecule has 0 saturated heterocycles. The van der Waals surface area contributed by atoms with Crippen molar-refractivity contribution in [2.75, 3.05) is 14.1 Å². The summed E-state index contributed by atoms with van der Waals surface area (Å²) in [4.78, 5) is 1.04. The first-order valence-electron chi connectivity index (χ1n) is 6.16. The first-order valence-corrected chi connectivity index (χ1v) is 8.42. The standard InChI is InChI=1S/C13H18N2O3S2/c1-10-6-13(19-12(10)7-14-2)20(16,17)15(3)8-11-4-5-18-9-11/h4-6,9,14H,7-8H2,1-3H3. The summed E-state index contributed by atoms with van der Waals surface area (Å²) in [7, 11) is -0.0285. The predicted octanol–water partition coefficient (Wildman–Crippen LogP) is 2.19. The molecule has 0 fully saturated rings. The van der Waals surface area contributed by atoms with E-state index in [1.54, 1.807) is 25.4 Å². The minimum atomic E-state index is -3.45. The number of nitrogens with zero attached hydrogens (tertiary/aromatic N) is 1. The van der Waals surface area contributed by atoms with Gasteiger partial charge < -0.3 is 9.73 Å². The number of rotatable bonds is 6. The third-order valence-corrected chi connectivity index (χ3v) is 6.47. The van der Waals surface area contributed by atoms with Crippen molar-refractivity contribution in [3.63, 3.8) is 0 Å². The van der Waals surface area contributed by atoms with Crippen molar-refractivity contribution in [3.05, 3.63) is 40.7 Å². The van der Waals surface area contributed by atoms with Gasteiger partial charge in [-0.25, -0.2) is 8.42 Å². The van der Waals surface area contributed by atoms with Gasteiger partial charge in [0.05, 0.1) is 12.5 Å². The molecule has 1 N–H and O–H groups in total. The maximum atomic E-state index is 12.5. The Hall–Kier alpha value is -1.15. The van der Waals surface area contributed by atoms with Gasteiger partial charge in [0.2, 0.25) is 0 Å². The van der Waals surface area contributed by atoms with Gasteiger partial charge in [0.25, 0.3) is 10.0 Å². The van der Waals surface area contributed by atoms with Gasteiger partial charge in [0, 0.05) is 30.6 Å². The molecular weight excluding hydrogens is 296 g/mol. The fourth-order valence-electron chi connectivity index (χ4n) is 1.83. The van der Waals surface area contributed by atoms with Crippen LogP contribution in [0.15, 0.2) is 33.3 Å². The molecule has 7 heteroatoms. The molecule has 0 bridgehead atoms. The van der Waals surface area contributed by atoms with Crippen LogP contribution in [-0.2, 0) is 23.1 Å². The Morgan fingerprint density at radius 3 is 2.80 bits per heavy atom. The molecular formula is C13H18N2O3S2. The van der Waals surface area contributed by atoms with E-state index in [4.69, 9.17) is 4.42 Å². The lowest BCUT2D eigenvalue weighted by molar-refractivity contribution is 0.465. The summed E-state index contributed by atoms with van der Waals surface area (Å²) >= 11 is 1.32. The molecule has 0 spiro atoms. The lowest BCUT2D eigenvalue weighted by Crippen LogP contribution is -2.25. The molecule has 0 atom stereocenters. The number of nitrogens with one attached hydrogen (secondary N) is 1. The van der Waals surface area contributed by atoms with E-state index in [9.17, 15) is 8.42 Å². The minimum Gasteiger partial charge on any atom is -0.472 e. The van der Waals surface area contributed by atoms with E-state index in [0.717, 1.165) is 16.0 Å². The molecule has 2 aromatic rings. The number of thiophene rings is 1. The largest absolute Gasteiger partial charge is 0.472 e. The van der Waals surface area contributed by atoms with Gasteiger partial charge in [-0.2, -0.15) is 4.31 Å². The normalized spacial score (nSPS) is 12.2. The monoisotopic (exact) mass is 314 g/mol. The molecule has 0 aliphatic rings. The fraction of sp³-hybridized carbons (Fsp3) is 0.385. The SMILES string of the molecule is CNCc1sc(S(=O)(=O)N(C)Cc2ccoc2)cc1C. The lowest BCUT2D eigenvalue weighted by Gasteiger charge is -2.14. The second kappa shape index (κ2) is 6.09. The summed E-state index contributed by atoms with van der Waals surface area (Å²) in [5.41, 5.74) is 1.83. The van der Waals surface area contributed by atoms with E-state index in [0.29, 0.717) is 17.3 Å². The summed E-state index contributed by atoms with van der Waals surface area (Å²) in [5, 5.41) is 3.04. The summed E-state index contributed by atoms with van der Waals surface area (Å²) in [6, 6.07) is 3.50. The van der Waals surface area contributed by atoms with Crippen molar-refractivity contribution in [1.82, 2.24) is 9.62 Å². The predicted molar refractivity (Wildman–Crippen MR) is 79.2 cm³/mol. The number of hydrogen-bond acceptors (Lipinski definition) is 5. The van der Waals surface area contributed by atoms with Crippen LogP contribution in [0.5, 0.6) is 0 Å². The molecule has 2 rings (SSSR count). The fourth-order valence-corrected chi connectivity index (χ4v) is 4.80. The first-order chi connectivity index (χ1) is 9.45. The van der Waals surface area contributed by atoms with E-state index < -0.39 is 10.0 Å². The molecule has 5 nitrogen and oxygen atoms in total. The van der Waals surface area contributed by atoms with Crippen LogP contribution >= 0.6 is 11.3 Å². The first kappa shape index (κ1) is 15.2. The average Bonchev–Trinajstić information content (AvgIpc) is 3.01. The summed E-state index contributed by atoms with van der Waals surface area (Å²) in [6.45, 7) is 2.91. The number of furan rings is 1. The second-order valence-corrected chi connectivity index (χ2v) is 8.00. The Morgan fingerprint density at radius 2 is 2.20 bits per heavy atom. The Morgan fingerprint density at radius 1 is 1.45 bits per heavy atom.